The van der Waals surface area contributed by atoms with E-state index in [0.717, 1.165) is 18.4 Å². The highest BCUT2D eigenvalue weighted by Crippen LogP contribution is 2.26. The topological polar surface area (TPSA) is 80.5 Å². The predicted octanol–water partition coefficient (Wildman–Crippen LogP) is 4.85. The van der Waals surface area contributed by atoms with Crippen molar-refractivity contribution in [2.75, 3.05) is 18.4 Å². The van der Waals surface area contributed by atoms with Crippen LogP contribution in [0.4, 0.5) is 10.5 Å². The molecule has 0 spiro atoms. The Balaban J connectivity index is 1.23. The number of carbonyl (C=O) groups excluding carboxylic acids is 1. The van der Waals surface area contributed by atoms with E-state index in [0.29, 0.717) is 42.1 Å². The molecule has 0 saturated carbocycles. The number of rotatable bonds is 6. The average molecular weight is 427 g/mol. The summed E-state index contributed by atoms with van der Waals surface area (Å²) in [7, 11) is 0. The van der Waals surface area contributed by atoms with Gasteiger partial charge < -0.3 is 19.5 Å². The van der Waals surface area contributed by atoms with Crippen LogP contribution in [0.2, 0.25) is 5.02 Å². The Morgan fingerprint density at radius 3 is 2.70 bits per heavy atom. The van der Waals surface area contributed by atoms with Gasteiger partial charge in [-0.1, -0.05) is 53.2 Å². The van der Waals surface area contributed by atoms with Gasteiger partial charge >= 0.3 is 6.03 Å². The van der Waals surface area contributed by atoms with Gasteiger partial charge in [0.25, 0.3) is 5.89 Å². The molecule has 2 amide bonds. The van der Waals surface area contributed by atoms with Crippen molar-refractivity contribution < 1.29 is 14.1 Å². The van der Waals surface area contributed by atoms with Crippen LogP contribution < -0.4 is 5.32 Å². The van der Waals surface area contributed by atoms with Gasteiger partial charge in [-0.05, 0) is 36.6 Å². The molecule has 4 rings (SSSR count). The van der Waals surface area contributed by atoms with Crippen LogP contribution in [0.25, 0.3) is 0 Å². The Morgan fingerprint density at radius 1 is 1.13 bits per heavy atom. The van der Waals surface area contributed by atoms with Crippen LogP contribution in [-0.2, 0) is 18.0 Å². The number of nitrogens with one attached hydrogen (secondary N) is 1. The molecule has 0 atom stereocenters. The molecular formula is C22H23ClN4O3. The highest BCUT2D eigenvalue weighted by Gasteiger charge is 2.27. The Morgan fingerprint density at radius 2 is 1.93 bits per heavy atom. The maximum Gasteiger partial charge on any atom is 0.321 e. The number of aromatic nitrogens is 2. The van der Waals surface area contributed by atoms with E-state index in [4.69, 9.17) is 20.9 Å². The molecule has 7 nitrogen and oxygen atoms in total. The standard InChI is InChI=1S/C22H23ClN4O3/c23-18-7-4-8-19(13-18)24-22(28)27-11-9-17(10-12-27)21-25-20(30-26-21)15-29-14-16-5-2-1-3-6-16/h1-8,13,17H,9-12,14-15H2,(H,24,28). The zero-order chi connectivity index (χ0) is 20.8. The summed E-state index contributed by atoms with van der Waals surface area (Å²) >= 11 is 5.97. The van der Waals surface area contributed by atoms with E-state index in [-0.39, 0.29) is 18.6 Å². The Kier molecular flexibility index (Phi) is 6.61. The molecule has 0 radical (unpaired) electrons. The first-order valence-corrected chi connectivity index (χ1v) is 10.3. The Labute approximate surface area is 180 Å². The number of hydrogen-bond acceptors (Lipinski definition) is 5. The van der Waals surface area contributed by atoms with Crippen molar-refractivity contribution in [3.63, 3.8) is 0 Å². The molecule has 0 bridgehead atoms. The first-order chi connectivity index (χ1) is 14.7. The second-order valence-electron chi connectivity index (χ2n) is 7.23. The maximum atomic E-state index is 12.5. The lowest BCUT2D eigenvalue weighted by molar-refractivity contribution is 0.0850. The third-order valence-corrected chi connectivity index (χ3v) is 5.28. The number of carbonyl (C=O) groups is 1. The van der Waals surface area contributed by atoms with Crippen LogP contribution >= 0.6 is 11.6 Å². The number of amides is 2. The zero-order valence-corrected chi connectivity index (χ0v) is 17.2. The highest BCUT2D eigenvalue weighted by molar-refractivity contribution is 6.30. The number of likely N-dealkylation sites (tertiary alicyclic amines) is 1. The van der Waals surface area contributed by atoms with Gasteiger partial charge in [0.15, 0.2) is 5.82 Å². The Bertz CT molecular complexity index is 971. The molecule has 1 N–H and O–H groups in total. The van der Waals surface area contributed by atoms with Gasteiger partial charge in [-0.3, -0.25) is 0 Å². The van der Waals surface area contributed by atoms with Crippen LogP contribution in [0.15, 0.2) is 59.1 Å². The summed E-state index contributed by atoms with van der Waals surface area (Å²) in [6, 6.07) is 16.9. The molecule has 2 aromatic carbocycles. The van der Waals surface area contributed by atoms with Crippen molar-refractivity contribution in [1.82, 2.24) is 15.0 Å². The molecular weight excluding hydrogens is 404 g/mol. The fourth-order valence-corrected chi connectivity index (χ4v) is 3.62. The van der Waals surface area contributed by atoms with Gasteiger partial charge in [0.05, 0.1) is 6.61 Å². The van der Waals surface area contributed by atoms with Gasteiger partial charge in [-0.25, -0.2) is 4.79 Å². The van der Waals surface area contributed by atoms with E-state index in [1.54, 1.807) is 17.0 Å². The lowest BCUT2D eigenvalue weighted by Crippen LogP contribution is -2.40. The van der Waals surface area contributed by atoms with Gasteiger partial charge in [0.2, 0.25) is 0 Å². The SMILES string of the molecule is O=C(Nc1cccc(Cl)c1)N1CCC(c2noc(COCc3ccccc3)n2)CC1. The number of urea groups is 1. The summed E-state index contributed by atoms with van der Waals surface area (Å²) in [5.74, 6) is 1.33. The number of ether oxygens (including phenoxy) is 1. The van der Waals surface area contributed by atoms with E-state index in [1.807, 2.05) is 42.5 Å². The highest BCUT2D eigenvalue weighted by atomic mass is 35.5. The second-order valence-corrected chi connectivity index (χ2v) is 7.66. The van der Waals surface area contributed by atoms with Crippen molar-refractivity contribution in [3.05, 3.63) is 76.9 Å². The minimum Gasteiger partial charge on any atom is -0.367 e. The number of halogens is 1. The Hall–Kier alpha value is -2.90. The number of piperidine rings is 1. The monoisotopic (exact) mass is 426 g/mol. The number of hydrogen-bond donors (Lipinski definition) is 1. The van der Waals surface area contributed by atoms with Crippen molar-refractivity contribution >= 4 is 23.3 Å². The van der Waals surface area contributed by atoms with Gasteiger partial charge in [0, 0.05) is 29.7 Å². The minimum atomic E-state index is -0.126. The summed E-state index contributed by atoms with van der Waals surface area (Å²) in [5.41, 5.74) is 1.79. The molecule has 1 aliphatic rings. The van der Waals surface area contributed by atoms with Crippen LogP contribution in [-0.4, -0.2) is 34.2 Å². The van der Waals surface area contributed by atoms with Crippen LogP contribution in [0.3, 0.4) is 0 Å². The van der Waals surface area contributed by atoms with Crippen LogP contribution in [0.1, 0.15) is 36.0 Å². The van der Waals surface area contributed by atoms with E-state index >= 15 is 0 Å². The second kappa shape index (κ2) is 9.73. The van der Waals surface area contributed by atoms with E-state index in [1.165, 1.54) is 0 Å². The summed E-state index contributed by atoms with van der Waals surface area (Å²) in [4.78, 5) is 18.7. The van der Waals surface area contributed by atoms with Gasteiger partial charge in [-0.15, -0.1) is 0 Å². The molecule has 8 heteroatoms. The normalized spacial score (nSPS) is 14.6. The number of nitrogens with zero attached hydrogens (tertiary/aromatic N) is 3. The van der Waals surface area contributed by atoms with Crippen LogP contribution in [0.5, 0.6) is 0 Å². The molecule has 30 heavy (non-hydrogen) atoms. The van der Waals surface area contributed by atoms with E-state index in [2.05, 4.69) is 15.5 Å². The average Bonchev–Trinajstić information content (AvgIpc) is 3.24. The fourth-order valence-electron chi connectivity index (χ4n) is 3.43. The van der Waals surface area contributed by atoms with E-state index in [9.17, 15) is 4.79 Å². The minimum absolute atomic E-state index is 0.126. The summed E-state index contributed by atoms with van der Waals surface area (Å²) in [5, 5.41) is 7.59. The quantitative estimate of drug-likeness (QED) is 0.609. The van der Waals surface area contributed by atoms with Crippen molar-refractivity contribution in [1.29, 1.82) is 0 Å². The van der Waals surface area contributed by atoms with Gasteiger partial charge in [0.1, 0.15) is 6.61 Å². The molecule has 2 heterocycles. The molecule has 156 valence electrons. The first kappa shape index (κ1) is 20.4. The van der Waals surface area contributed by atoms with Gasteiger partial charge in [-0.2, -0.15) is 4.98 Å². The van der Waals surface area contributed by atoms with Crippen molar-refractivity contribution in [3.8, 4) is 0 Å². The fraction of sp³-hybridized carbons (Fsp3) is 0.318. The van der Waals surface area contributed by atoms with Crippen LogP contribution in [0, 0.1) is 0 Å². The lowest BCUT2D eigenvalue weighted by atomic mass is 9.96. The van der Waals surface area contributed by atoms with E-state index < -0.39 is 0 Å². The molecule has 1 aliphatic heterocycles. The van der Waals surface area contributed by atoms with Crippen molar-refractivity contribution in [2.24, 2.45) is 0 Å². The number of anilines is 1. The molecule has 1 aromatic heterocycles. The summed E-state index contributed by atoms with van der Waals surface area (Å²) < 4.78 is 11.0. The first-order valence-electron chi connectivity index (χ1n) is 9.93. The maximum absolute atomic E-state index is 12.5. The molecule has 1 fully saturated rings. The third kappa shape index (κ3) is 5.37. The molecule has 0 aliphatic carbocycles. The molecule has 0 unspecified atom stereocenters. The third-order valence-electron chi connectivity index (χ3n) is 5.04. The lowest BCUT2D eigenvalue weighted by Gasteiger charge is -2.30. The zero-order valence-electron chi connectivity index (χ0n) is 16.5. The largest absolute Gasteiger partial charge is 0.367 e. The molecule has 3 aromatic rings. The smallest absolute Gasteiger partial charge is 0.321 e. The number of benzene rings is 2. The summed E-state index contributed by atoms with van der Waals surface area (Å²) in [6.07, 6.45) is 1.57. The van der Waals surface area contributed by atoms with Crippen molar-refractivity contribution in [2.45, 2.75) is 32.0 Å². The molecule has 1 saturated heterocycles. The predicted molar refractivity (Wildman–Crippen MR) is 113 cm³/mol. The summed E-state index contributed by atoms with van der Waals surface area (Å²) in [6.45, 7) is 2.04.